The Bertz CT molecular complexity index is 647. The first-order valence-electron chi connectivity index (χ1n) is 8.91. The molecule has 0 aromatic heterocycles. The summed E-state index contributed by atoms with van der Waals surface area (Å²) in [5, 5.41) is 9.30. The second-order valence-electron chi connectivity index (χ2n) is 7.36. The van der Waals surface area contributed by atoms with Crippen molar-refractivity contribution in [2.24, 2.45) is 11.3 Å². The fourth-order valence-corrected chi connectivity index (χ4v) is 3.37. The Morgan fingerprint density at radius 2 is 1.80 bits per heavy atom. The maximum atomic E-state index is 12.2. The van der Waals surface area contributed by atoms with Crippen LogP contribution in [0.25, 0.3) is 0 Å². The minimum atomic E-state index is -0.832. The Hall–Kier alpha value is -2.12. The standard InChI is InChI=1S/C21H27NO3/c1-17(2)8-9-19(23)14-21(15-20(24)25)10-12-22(13-11-21)16-18-6-4-3-5-7-18/h3-7,17H,10-16H2,1-2H3,(H,24,25). The lowest BCUT2D eigenvalue weighted by molar-refractivity contribution is -0.141. The number of carbonyl (C=O) groups is 2. The van der Waals surface area contributed by atoms with Gasteiger partial charge in [0.15, 0.2) is 0 Å². The number of piperidine rings is 1. The SMILES string of the molecule is CC(C)C#CC(=O)CC1(CC(=O)O)CCN(Cc2ccccc2)CC1. The molecular formula is C21H27NO3. The third-order valence-corrected chi connectivity index (χ3v) is 4.73. The van der Waals surface area contributed by atoms with E-state index in [0.29, 0.717) is 0 Å². The lowest BCUT2D eigenvalue weighted by Gasteiger charge is -2.40. The molecule has 1 aliphatic heterocycles. The molecule has 1 aromatic carbocycles. The Morgan fingerprint density at radius 3 is 2.36 bits per heavy atom. The lowest BCUT2D eigenvalue weighted by atomic mass is 9.72. The second-order valence-corrected chi connectivity index (χ2v) is 7.36. The summed E-state index contributed by atoms with van der Waals surface area (Å²) in [5.41, 5.74) is 0.800. The van der Waals surface area contributed by atoms with Crippen LogP contribution in [0.15, 0.2) is 30.3 Å². The fraction of sp³-hybridized carbons (Fsp3) is 0.524. The molecule has 0 aliphatic carbocycles. The minimum Gasteiger partial charge on any atom is -0.481 e. The van der Waals surface area contributed by atoms with Crippen LogP contribution in [0, 0.1) is 23.2 Å². The van der Waals surface area contributed by atoms with Crippen LogP contribution in [0.4, 0.5) is 0 Å². The zero-order chi connectivity index (χ0) is 18.3. The highest BCUT2D eigenvalue weighted by Crippen LogP contribution is 2.39. The van der Waals surface area contributed by atoms with Crippen molar-refractivity contribution in [3.8, 4) is 11.8 Å². The number of rotatable bonds is 6. The van der Waals surface area contributed by atoms with Gasteiger partial charge >= 0.3 is 5.97 Å². The van der Waals surface area contributed by atoms with Crippen LogP contribution in [0.3, 0.4) is 0 Å². The highest BCUT2D eigenvalue weighted by molar-refractivity contribution is 5.96. The molecule has 25 heavy (non-hydrogen) atoms. The van der Waals surface area contributed by atoms with Gasteiger partial charge in [-0.15, -0.1) is 0 Å². The summed E-state index contributed by atoms with van der Waals surface area (Å²) in [7, 11) is 0. The average Bonchev–Trinajstić information content (AvgIpc) is 2.55. The smallest absolute Gasteiger partial charge is 0.303 e. The fourth-order valence-electron chi connectivity index (χ4n) is 3.37. The van der Waals surface area contributed by atoms with Crippen LogP contribution < -0.4 is 0 Å². The van der Waals surface area contributed by atoms with Gasteiger partial charge in [0.2, 0.25) is 5.78 Å². The highest BCUT2D eigenvalue weighted by Gasteiger charge is 2.38. The van der Waals surface area contributed by atoms with Crippen LogP contribution in [0.1, 0.15) is 45.1 Å². The molecule has 4 nitrogen and oxygen atoms in total. The van der Waals surface area contributed by atoms with Crippen molar-refractivity contribution < 1.29 is 14.7 Å². The summed E-state index contributed by atoms with van der Waals surface area (Å²) < 4.78 is 0. The summed E-state index contributed by atoms with van der Waals surface area (Å²) in [6, 6.07) is 10.3. The molecule has 0 bridgehead atoms. The molecule has 1 aliphatic rings. The van der Waals surface area contributed by atoms with E-state index < -0.39 is 11.4 Å². The first-order valence-corrected chi connectivity index (χ1v) is 8.91. The number of carboxylic acid groups (broad SMARTS) is 1. The van der Waals surface area contributed by atoms with Crippen molar-refractivity contribution >= 4 is 11.8 Å². The molecule has 2 rings (SSSR count). The first-order chi connectivity index (χ1) is 11.9. The van der Waals surface area contributed by atoms with Crippen molar-refractivity contribution in [3.05, 3.63) is 35.9 Å². The number of benzene rings is 1. The van der Waals surface area contributed by atoms with Crippen molar-refractivity contribution in [1.82, 2.24) is 4.90 Å². The summed E-state index contributed by atoms with van der Waals surface area (Å²) in [6.07, 6.45) is 1.74. The summed E-state index contributed by atoms with van der Waals surface area (Å²) in [4.78, 5) is 25.9. The van der Waals surface area contributed by atoms with E-state index in [1.807, 2.05) is 32.0 Å². The number of likely N-dealkylation sites (tertiary alicyclic amines) is 1. The molecule has 1 N–H and O–H groups in total. The van der Waals surface area contributed by atoms with Gasteiger partial charge in [-0.3, -0.25) is 14.5 Å². The minimum absolute atomic E-state index is 0.0429. The number of ketones is 1. The van der Waals surface area contributed by atoms with E-state index >= 15 is 0 Å². The van der Waals surface area contributed by atoms with Gasteiger partial charge in [0, 0.05) is 18.9 Å². The van der Waals surface area contributed by atoms with Crippen molar-refractivity contribution in [1.29, 1.82) is 0 Å². The van der Waals surface area contributed by atoms with Crippen molar-refractivity contribution in [2.45, 2.75) is 46.1 Å². The van der Waals surface area contributed by atoms with Gasteiger partial charge in [-0.1, -0.05) is 50.1 Å². The van der Waals surface area contributed by atoms with E-state index in [1.165, 1.54) is 5.56 Å². The molecule has 0 atom stereocenters. The van der Waals surface area contributed by atoms with Crippen LogP contribution in [0.2, 0.25) is 0 Å². The molecule has 0 unspecified atom stereocenters. The van der Waals surface area contributed by atoms with Crippen LogP contribution >= 0.6 is 0 Å². The number of aliphatic carboxylic acids is 1. The van der Waals surface area contributed by atoms with Gasteiger partial charge in [-0.2, -0.15) is 0 Å². The molecule has 1 heterocycles. The first kappa shape index (κ1) is 19.2. The third-order valence-electron chi connectivity index (χ3n) is 4.73. The van der Waals surface area contributed by atoms with E-state index in [4.69, 9.17) is 0 Å². The quantitative estimate of drug-likeness (QED) is 0.637. The van der Waals surface area contributed by atoms with Crippen LogP contribution in [0.5, 0.6) is 0 Å². The average molecular weight is 341 g/mol. The number of hydrogen-bond donors (Lipinski definition) is 1. The maximum absolute atomic E-state index is 12.2. The van der Waals surface area contributed by atoms with Gasteiger partial charge in [0.25, 0.3) is 0 Å². The molecule has 1 saturated heterocycles. The van der Waals surface area contributed by atoms with Gasteiger partial charge in [0.1, 0.15) is 0 Å². The Labute approximate surface area is 150 Å². The number of carboxylic acids is 1. The largest absolute Gasteiger partial charge is 0.481 e. The summed E-state index contributed by atoms with van der Waals surface area (Å²) in [5.74, 6) is 4.75. The molecular weight excluding hydrogens is 314 g/mol. The van der Waals surface area contributed by atoms with Gasteiger partial charge < -0.3 is 5.11 Å². The number of hydrogen-bond acceptors (Lipinski definition) is 3. The van der Waals surface area contributed by atoms with E-state index in [9.17, 15) is 14.7 Å². The number of carbonyl (C=O) groups excluding carboxylic acids is 1. The molecule has 134 valence electrons. The predicted octanol–water partition coefficient (Wildman–Crippen LogP) is 3.36. The maximum Gasteiger partial charge on any atom is 0.303 e. The third kappa shape index (κ3) is 6.36. The van der Waals surface area contributed by atoms with E-state index in [-0.39, 0.29) is 24.5 Å². The Morgan fingerprint density at radius 1 is 1.16 bits per heavy atom. The van der Waals surface area contributed by atoms with E-state index in [2.05, 4.69) is 28.9 Å². The lowest BCUT2D eigenvalue weighted by Crippen LogP contribution is -2.41. The van der Waals surface area contributed by atoms with Gasteiger partial charge in [-0.25, -0.2) is 0 Å². The molecule has 1 fully saturated rings. The second kappa shape index (κ2) is 8.82. The Balaban J connectivity index is 1.99. The molecule has 0 spiro atoms. The number of Topliss-reactive ketones (excluding diaryl/α,β-unsaturated/α-hetero) is 1. The van der Waals surface area contributed by atoms with Crippen molar-refractivity contribution in [3.63, 3.8) is 0 Å². The zero-order valence-electron chi connectivity index (χ0n) is 15.1. The topological polar surface area (TPSA) is 57.6 Å². The Kier molecular flexibility index (Phi) is 6.78. The normalized spacial score (nSPS) is 16.9. The van der Waals surface area contributed by atoms with E-state index in [1.54, 1.807) is 0 Å². The predicted molar refractivity (Wildman–Crippen MR) is 97.9 cm³/mol. The molecule has 4 heteroatoms. The van der Waals surface area contributed by atoms with E-state index in [0.717, 1.165) is 32.5 Å². The number of nitrogens with zero attached hydrogens (tertiary/aromatic N) is 1. The van der Waals surface area contributed by atoms with Crippen LogP contribution in [-0.4, -0.2) is 34.8 Å². The summed E-state index contributed by atoms with van der Waals surface area (Å²) in [6.45, 7) is 6.37. The molecule has 0 saturated carbocycles. The highest BCUT2D eigenvalue weighted by atomic mass is 16.4. The van der Waals surface area contributed by atoms with Crippen LogP contribution in [-0.2, 0) is 16.1 Å². The molecule has 0 amide bonds. The van der Waals surface area contributed by atoms with Gasteiger partial charge in [-0.05, 0) is 42.8 Å². The summed E-state index contributed by atoms with van der Waals surface area (Å²) >= 11 is 0. The zero-order valence-corrected chi connectivity index (χ0v) is 15.1. The van der Waals surface area contributed by atoms with Crippen molar-refractivity contribution in [2.75, 3.05) is 13.1 Å². The molecule has 1 aromatic rings. The molecule has 0 radical (unpaired) electrons. The van der Waals surface area contributed by atoms with Gasteiger partial charge in [0.05, 0.1) is 6.42 Å². The monoisotopic (exact) mass is 341 g/mol.